The van der Waals surface area contributed by atoms with Crippen LogP contribution in [0.15, 0.2) is 4.99 Å². The molecule has 0 fully saturated rings. The molecule has 4 amide bonds. The minimum atomic E-state index is -1.59. The van der Waals surface area contributed by atoms with E-state index in [9.17, 15) is 29.1 Å². The third kappa shape index (κ3) is 12.3. The van der Waals surface area contributed by atoms with Crippen molar-refractivity contribution in [2.75, 3.05) is 13.1 Å². The predicted octanol–water partition coefficient (Wildman–Crippen LogP) is -4.82. The summed E-state index contributed by atoms with van der Waals surface area (Å²) in [6.45, 7) is 0.800. The van der Waals surface area contributed by atoms with Crippen LogP contribution in [0.4, 0.5) is 0 Å². The van der Waals surface area contributed by atoms with Gasteiger partial charge >= 0.3 is 5.97 Å². The highest BCUT2D eigenvalue weighted by Crippen LogP contribution is 2.02. The summed E-state index contributed by atoms with van der Waals surface area (Å²) in [4.78, 5) is 62.2. The second-order valence-electron chi connectivity index (χ2n) is 6.96. The van der Waals surface area contributed by atoms with Crippen molar-refractivity contribution in [1.29, 1.82) is 0 Å². The van der Waals surface area contributed by atoms with Gasteiger partial charge in [0.15, 0.2) is 12.0 Å². The summed E-state index contributed by atoms with van der Waals surface area (Å²) in [6.07, 6.45) is -1.21. The van der Waals surface area contributed by atoms with Crippen LogP contribution in [-0.4, -0.2) is 83.1 Å². The van der Waals surface area contributed by atoms with Gasteiger partial charge in [-0.2, -0.15) is 0 Å². The number of rotatable bonds is 15. The number of carboxylic acids is 1. The lowest BCUT2D eigenvalue weighted by atomic mass is 10.1. The van der Waals surface area contributed by atoms with Crippen LogP contribution >= 0.6 is 0 Å². The SMILES string of the molecule is CC(O)C(NC(=O)C(CCCN=C(N)N)NC(=O)CNC(=O)C(N)CCC(N)=O)C(=O)O. The maximum Gasteiger partial charge on any atom is 0.328 e. The van der Waals surface area contributed by atoms with Crippen LogP contribution in [0.3, 0.4) is 0 Å². The van der Waals surface area contributed by atoms with Crippen molar-refractivity contribution in [1.82, 2.24) is 16.0 Å². The molecule has 13 N–H and O–H groups in total. The summed E-state index contributed by atoms with van der Waals surface area (Å²) in [5.74, 6) is -4.57. The van der Waals surface area contributed by atoms with Gasteiger partial charge in [0.05, 0.1) is 18.7 Å². The molecule has 0 aliphatic heterocycles. The second-order valence-corrected chi connectivity index (χ2v) is 6.96. The molecule has 182 valence electrons. The molecular formula is C17H32N8O7. The van der Waals surface area contributed by atoms with E-state index in [4.69, 9.17) is 28.0 Å². The van der Waals surface area contributed by atoms with E-state index in [2.05, 4.69) is 20.9 Å². The van der Waals surface area contributed by atoms with Crippen LogP contribution in [0.1, 0.15) is 32.6 Å². The molecule has 0 saturated heterocycles. The van der Waals surface area contributed by atoms with Crippen LogP contribution in [0.25, 0.3) is 0 Å². The fourth-order valence-electron chi connectivity index (χ4n) is 2.39. The van der Waals surface area contributed by atoms with Gasteiger partial charge < -0.3 is 49.1 Å². The first-order valence-electron chi connectivity index (χ1n) is 9.72. The number of carbonyl (C=O) groups is 5. The molecule has 0 spiro atoms. The van der Waals surface area contributed by atoms with Gasteiger partial charge in [0.1, 0.15) is 6.04 Å². The number of nitrogens with zero attached hydrogens (tertiary/aromatic N) is 1. The Labute approximate surface area is 184 Å². The van der Waals surface area contributed by atoms with Crippen LogP contribution in [-0.2, 0) is 24.0 Å². The minimum absolute atomic E-state index is 0.00543. The Bertz CT molecular complexity index is 709. The number of hydrogen-bond donors (Lipinski definition) is 9. The number of aliphatic imine (C=N–C) groups is 1. The summed E-state index contributed by atoms with van der Waals surface area (Å²) >= 11 is 0. The van der Waals surface area contributed by atoms with E-state index < -0.39 is 60.4 Å². The molecule has 4 atom stereocenters. The molecule has 0 rings (SSSR count). The van der Waals surface area contributed by atoms with Crippen molar-refractivity contribution in [2.24, 2.45) is 27.9 Å². The maximum atomic E-state index is 12.5. The Morgan fingerprint density at radius 3 is 2.12 bits per heavy atom. The second kappa shape index (κ2) is 14.5. The predicted molar refractivity (Wildman–Crippen MR) is 113 cm³/mol. The number of aliphatic hydroxyl groups excluding tert-OH is 1. The van der Waals surface area contributed by atoms with E-state index in [1.54, 1.807) is 0 Å². The molecule has 15 heteroatoms. The number of carbonyl (C=O) groups excluding carboxylic acids is 4. The summed E-state index contributed by atoms with van der Waals surface area (Å²) in [5, 5.41) is 25.4. The van der Waals surface area contributed by atoms with Crippen molar-refractivity contribution in [2.45, 2.75) is 56.8 Å². The molecule has 0 aliphatic carbocycles. The summed E-state index contributed by atoms with van der Waals surface area (Å²) in [5.41, 5.74) is 21.0. The molecule has 0 aromatic heterocycles. The summed E-state index contributed by atoms with van der Waals surface area (Å²) in [6, 6.07) is -3.85. The zero-order valence-electron chi connectivity index (χ0n) is 17.7. The normalized spacial score (nSPS) is 14.2. The van der Waals surface area contributed by atoms with E-state index in [1.807, 2.05) is 0 Å². The Kier molecular flexibility index (Phi) is 13.0. The van der Waals surface area contributed by atoms with Gasteiger partial charge in [0.25, 0.3) is 0 Å². The van der Waals surface area contributed by atoms with Gasteiger partial charge in [0.2, 0.25) is 23.6 Å². The fraction of sp³-hybridized carbons (Fsp3) is 0.647. The van der Waals surface area contributed by atoms with Gasteiger partial charge in [-0.15, -0.1) is 0 Å². The highest BCUT2D eigenvalue weighted by Gasteiger charge is 2.29. The Hall–Kier alpha value is -3.46. The van der Waals surface area contributed by atoms with Crippen LogP contribution in [0, 0.1) is 0 Å². The molecule has 4 unspecified atom stereocenters. The van der Waals surface area contributed by atoms with Crippen molar-refractivity contribution >= 4 is 35.6 Å². The monoisotopic (exact) mass is 460 g/mol. The zero-order chi connectivity index (χ0) is 24.8. The molecule has 0 aliphatic rings. The van der Waals surface area contributed by atoms with Gasteiger partial charge in [-0.05, 0) is 26.2 Å². The lowest BCUT2D eigenvalue weighted by Crippen LogP contribution is -2.56. The van der Waals surface area contributed by atoms with Gasteiger partial charge in [-0.3, -0.25) is 24.2 Å². The lowest BCUT2D eigenvalue weighted by molar-refractivity contribution is -0.145. The molecule has 0 bridgehead atoms. The quantitative estimate of drug-likeness (QED) is 0.0638. The Morgan fingerprint density at radius 2 is 1.62 bits per heavy atom. The number of primary amides is 1. The zero-order valence-corrected chi connectivity index (χ0v) is 17.7. The van der Waals surface area contributed by atoms with E-state index >= 15 is 0 Å². The molecule has 15 nitrogen and oxygen atoms in total. The number of nitrogens with two attached hydrogens (primary N) is 4. The number of amides is 4. The smallest absolute Gasteiger partial charge is 0.328 e. The van der Waals surface area contributed by atoms with Crippen molar-refractivity contribution in [3.63, 3.8) is 0 Å². The summed E-state index contributed by atoms with van der Waals surface area (Å²) < 4.78 is 0. The Balaban J connectivity index is 4.98. The summed E-state index contributed by atoms with van der Waals surface area (Å²) in [7, 11) is 0. The van der Waals surface area contributed by atoms with E-state index in [0.717, 1.165) is 0 Å². The van der Waals surface area contributed by atoms with Crippen molar-refractivity contribution in [3.8, 4) is 0 Å². The molecule has 0 heterocycles. The molecule has 0 radical (unpaired) electrons. The highest BCUT2D eigenvalue weighted by atomic mass is 16.4. The average Bonchev–Trinajstić information content (AvgIpc) is 2.69. The van der Waals surface area contributed by atoms with Gasteiger partial charge in [-0.25, -0.2) is 4.79 Å². The molecule has 0 saturated carbocycles. The molecular weight excluding hydrogens is 428 g/mol. The number of aliphatic hydroxyl groups is 1. The minimum Gasteiger partial charge on any atom is -0.480 e. The maximum absolute atomic E-state index is 12.5. The van der Waals surface area contributed by atoms with Crippen LogP contribution in [0.2, 0.25) is 0 Å². The standard InChI is InChI=1S/C17H32N8O7/c1-8(26)13(16(31)32)25-15(30)10(3-2-6-22-17(20)21)24-12(28)7-23-14(29)9(18)4-5-11(19)27/h8-10,13,26H,2-7,18H2,1H3,(H2,19,27)(H,23,29)(H,24,28)(H,25,30)(H,31,32)(H4,20,21,22). The van der Waals surface area contributed by atoms with E-state index in [-0.39, 0.29) is 38.2 Å². The third-order valence-corrected chi connectivity index (χ3v) is 4.10. The fourth-order valence-corrected chi connectivity index (χ4v) is 2.39. The molecule has 32 heavy (non-hydrogen) atoms. The van der Waals surface area contributed by atoms with Crippen molar-refractivity contribution < 1.29 is 34.2 Å². The molecule has 0 aromatic carbocycles. The van der Waals surface area contributed by atoms with E-state index in [1.165, 1.54) is 6.92 Å². The van der Waals surface area contributed by atoms with Crippen LogP contribution in [0.5, 0.6) is 0 Å². The number of hydrogen-bond acceptors (Lipinski definition) is 8. The third-order valence-electron chi connectivity index (χ3n) is 4.10. The number of aliphatic carboxylic acids is 1. The van der Waals surface area contributed by atoms with Gasteiger partial charge in [-0.1, -0.05) is 0 Å². The number of guanidine groups is 1. The first-order chi connectivity index (χ1) is 14.8. The van der Waals surface area contributed by atoms with Gasteiger partial charge in [0, 0.05) is 13.0 Å². The number of carboxylic acid groups (broad SMARTS) is 1. The largest absolute Gasteiger partial charge is 0.480 e. The first-order valence-corrected chi connectivity index (χ1v) is 9.72. The van der Waals surface area contributed by atoms with E-state index in [0.29, 0.717) is 0 Å². The molecule has 0 aromatic rings. The Morgan fingerprint density at radius 1 is 1.00 bits per heavy atom. The van der Waals surface area contributed by atoms with Crippen LogP contribution < -0.4 is 38.9 Å². The highest BCUT2D eigenvalue weighted by molar-refractivity contribution is 5.92. The average molecular weight is 460 g/mol. The lowest BCUT2D eigenvalue weighted by Gasteiger charge is -2.23. The van der Waals surface area contributed by atoms with Crippen molar-refractivity contribution in [3.05, 3.63) is 0 Å². The first kappa shape index (κ1) is 28.5. The topological polar surface area (TPSA) is 278 Å². The number of nitrogens with one attached hydrogen (secondary N) is 3.